The quantitative estimate of drug-likeness (QED) is 0.458. The molecule has 29 heavy (non-hydrogen) atoms. The lowest BCUT2D eigenvalue weighted by atomic mass is 10.1. The molecular formula is C23H25N3O3. The average Bonchev–Trinajstić information content (AvgIpc) is 3.26. The van der Waals surface area contributed by atoms with Gasteiger partial charge in [0.05, 0.1) is 17.0 Å². The second-order valence-corrected chi connectivity index (χ2v) is 8.03. The fourth-order valence-corrected chi connectivity index (χ4v) is 3.28. The van der Waals surface area contributed by atoms with Crippen LogP contribution in [0.3, 0.4) is 0 Å². The van der Waals surface area contributed by atoms with Crippen LogP contribution in [0.25, 0.3) is 16.9 Å². The number of hydrogen-bond donors (Lipinski definition) is 0. The summed E-state index contributed by atoms with van der Waals surface area (Å²) in [4.78, 5) is 4.39. The minimum absolute atomic E-state index is 0.301. The molecule has 3 heterocycles. The van der Waals surface area contributed by atoms with E-state index in [2.05, 4.69) is 16.2 Å². The summed E-state index contributed by atoms with van der Waals surface area (Å²) in [7, 11) is 0. The first kappa shape index (κ1) is 19.1. The summed E-state index contributed by atoms with van der Waals surface area (Å²) in [5.74, 6) is 2.25. The van der Waals surface area contributed by atoms with E-state index >= 15 is 0 Å². The van der Waals surface area contributed by atoms with Gasteiger partial charge in [0.2, 0.25) is 0 Å². The summed E-state index contributed by atoms with van der Waals surface area (Å²) in [5, 5.41) is 4.02. The molecule has 6 heteroatoms. The van der Waals surface area contributed by atoms with Gasteiger partial charge in [-0.1, -0.05) is 11.2 Å². The second kappa shape index (κ2) is 7.28. The van der Waals surface area contributed by atoms with E-state index in [1.165, 1.54) is 0 Å². The van der Waals surface area contributed by atoms with Crippen molar-refractivity contribution in [3.8, 4) is 22.8 Å². The van der Waals surface area contributed by atoms with Crippen LogP contribution >= 0.6 is 0 Å². The molecule has 150 valence electrons. The zero-order chi connectivity index (χ0) is 20.6. The number of imidazole rings is 1. The van der Waals surface area contributed by atoms with E-state index in [0.29, 0.717) is 6.61 Å². The summed E-state index contributed by atoms with van der Waals surface area (Å²) in [6.45, 7) is 10.3. The lowest BCUT2D eigenvalue weighted by Gasteiger charge is -2.22. The van der Waals surface area contributed by atoms with Crippen molar-refractivity contribution in [3.05, 3.63) is 65.8 Å². The van der Waals surface area contributed by atoms with Crippen LogP contribution in [0.4, 0.5) is 0 Å². The Morgan fingerprint density at radius 1 is 1.10 bits per heavy atom. The van der Waals surface area contributed by atoms with Gasteiger partial charge in [-0.05, 0) is 58.9 Å². The molecule has 0 amide bonds. The van der Waals surface area contributed by atoms with Gasteiger partial charge in [0.15, 0.2) is 0 Å². The molecule has 0 radical (unpaired) electrons. The molecule has 6 nitrogen and oxygen atoms in total. The summed E-state index contributed by atoms with van der Waals surface area (Å²) in [5.41, 5.74) is 4.33. The average molecular weight is 391 g/mol. The Kier molecular flexibility index (Phi) is 4.78. The molecule has 0 atom stereocenters. The lowest BCUT2D eigenvalue weighted by Crippen LogP contribution is -2.22. The van der Waals surface area contributed by atoms with E-state index in [-0.39, 0.29) is 5.60 Å². The van der Waals surface area contributed by atoms with Crippen LogP contribution in [-0.4, -0.2) is 20.1 Å². The molecule has 0 spiro atoms. The molecule has 0 aliphatic carbocycles. The molecule has 0 saturated carbocycles. The van der Waals surface area contributed by atoms with Crippen molar-refractivity contribution in [1.82, 2.24) is 14.5 Å². The van der Waals surface area contributed by atoms with Gasteiger partial charge in [-0.2, -0.15) is 0 Å². The van der Waals surface area contributed by atoms with Crippen LogP contribution in [-0.2, 0) is 6.61 Å². The predicted molar refractivity (Wildman–Crippen MR) is 111 cm³/mol. The number of fused-ring (bicyclic) bond motifs is 1. The summed E-state index contributed by atoms with van der Waals surface area (Å²) >= 11 is 0. The minimum Gasteiger partial charge on any atom is -0.488 e. The molecule has 0 saturated heterocycles. The molecule has 0 aliphatic heterocycles. The molecule has 0 fully saturated rings. The highest BCUT2D eigenvalue weighted by atomic mass is 16.5. The molecule has 0 unspecified atom stereocenters. The molecule has 0 aliphatic rings. The van der Waals surface area contributed by atoms with Gasteiger partial charge in [0.25, 0.3) is 0 Å². The van der Waals surface area contributed by atoms with Gasteiger partial charge in [-0.15, -0.1) is 0 Å². The number of hydrogen-bond acceptors (Lipinski definition) is 5. The third-order valence-electron chi connectivity index (χ3n) is 4.63. The number of aromatic nitrogens is 3. The van der Waals surface area contributed by atoms with Gasteiger partial charge >= 0.3 is 0 Å². The van der Waals surface area contributed by atoms with Crippen LogP contribution in [0.2, 0.25) is 0 Å². The highest BCUT2D eigenvalue weighted by Gasteiger charge is 2.17. The highest BCUT2D eigenvalue weighted by Crippen LogP contribution is 2.35. The lowest BCUT2D eigenvalue weighted by molar-refractivity contribution is 0.130. The molecule has 3 aromatic heterocycles. The van der Waals surface area contributed by atoms with Crippen LogP contribution in [0.1, 0.15) is 37.8 Å². The van der Waals surface area contributed by atoms with Gasteiger partial charge < -0.3 is 14.0 Å². The molecule has 1 aromatic carbocycles. The standard InChI is InChI=1S/C23H25N3O3/c1-15-19(16(2)29-25-15)14-27-21-13-17(28-23(3,4)5)9-10-18(21)20-7-6-8-22-24-11-12-26(20)22/h6-13H,14H2,1-5H3. The fourth-order valence-electron chi connectivity index (χ4n) is 3.28. The smallest absolute Gasteiger partial charge is 0.140 e. The highest BCUT2D eigenvalue weighted by molar-refractivity contribution is 5.71. The van der Waals surface area contributed by atoms with Gasteiger partial charge in [-0.25, -0.2) is 4.98 Å². The first-order valence-electron chi connectivity index (χ1n) is 9.62. The first-order valence-corrected chi connectivity index (χ1v) is 9.62. The Morgan fingerprint density at radius 3 is 2.66 bits per heavy atom. The van der Waals surface area contributed by atoms with Crippen LogP contribution in [0, 0.1) is 13.8 Å². The van der Waals surface area contributed by atoms with Crippen molar-refractivity contribution < 1.29 is 14.0 Å². The maximum absolute atomic E-state index is 6.26. The van der Waals surface area contributed by atoms with Gasteiger partial charge in [0.1, 0.15) is 35.1 Å². The minimum atomic E-state index is -0.301. The Hall–Kier alpha value is -3.28. The van der Waals surface area contributed by atoms with E-state index in [0.717, 1.165) is 45.4 Å². The molecule has 4 rings (SSSR count). The normalized spacial score (nSPS) is 11.8. The predicted octanol–water partition coefficient (Wildman–Crippen LogP) is 5.36. The zero-order valence-corrected chi connectivity index (χ0v) is 17.4. The van der Waals surface area contributed by atoms with Crippen molar-refractivity contribution in [2.45, 2.75) is 46.8 Å². The SMILES string of the molecule is Cc1noc(C)c1COc1cc(OC(C)(C)C)ccc1-c1cccc2nccn12. The Bertz CT molecular complexity index is 1130. The molecule has 0 N–H and O–H groups in total. The molecule has 0 bridgehead atoms. The van der Waals surface area contributed by atoms with Gasteiger partial charge in [0, 0.05) is 24.0 Å². The number of nitrogens with zero attached hydrogens (tertiary/aromatic N) is 3. The monoisotopic (exact) mass is 391 g/mol. The molecular weight excluding hydrogens is 366 g/mol. The third kappa shape index (κ3) is 3.97. The summed E-state index contributed by atoms with van der Waals surface area (Å²) < 4.78 is 19.6. The van der Waals surface area contributed by atoms with Crippen molar-refractivity contribution >= 4 is 5.65 Å². The van der Waals surface area contributed by atoms with E-state index in [4.69, 9.17) is 14.0 Å². The van der Waals surface area contributed by atoms with E-state index in [1.54, 1.807) is 6.20 Å². The van der Waals surface area contributed by atoms with Crippen molar-refractivity contribution in [1.29, 1.82) is 0 Å². The molecule has 4 aromatic rings. The van der Waals surface area contributed by atoms with Crippen molar-refractivity contribution in [2.75, 3.05) is 0 Å². The Balaban J connectivity index is 1.76. The number of rotatable bonds is 5. The zero-order valence-electron chi connectivity index (χ0n) is 17.4. The Morgan fingerprint density at radius 2 is 1.93 bits per heavy atom. The van der Waals surface area contributed by atoms with E-state index in [1.807, 2.05) is 75.5 Å². The topological polar surface area (TPSA) is 61.8 Å². The third-order valence-corrected chi connectivity index (χ3v) is 4.63. The number of ether oxygens (including phenoxy) is 2. The van der Waals surface area contributed by atoms with E-state index < -0.39 is 0 Å². The largest absolute Gasteiger partial charge is 0.488 e. The van der Waals surface area contributed by atoms with E-state index in [9.17, 15) is 0 Å². The number of aryl methyl sites for hydroxylation is 2. The summed E-state index contributed by atoms with van der Waals surface area (Å²) in [6, 6.07) is 12.0. The van der Waals surface area contributed by atoms with Gasteiger partial charge in [-0.3, -0.25) is 4.40 Å². The number of pyridine rings is 1. The van der Waals surface area contributed by atoms with Crippen LogP contribution in [0.5, 0.6) is 11.5 Å². The first-order chi connectivity index (χ1) is 13.8. The van der Waals surface area contributed by atoms with Crippen molar-refractivity contribution in [2.24, 2.45) is 0 Å². The van der Waals surface area contributed by atoms with Crippen LogP contribution in [0.15, 0.2) is 53.3 Å². The maximum atomic E-state index is 6.26. The summed E-state index contributed by atoms with van der Waals surface area (Å²) in [6.07, 6.45) is 3.74. The maximum Gasteiger partial charge on any atom is 0.140 e. The van der Waals surface area contributed by atoms with Crippen molar-refractivity contribution in [3.63, 3.8) is 0 Å². The number of benzene rings is 1. The second-order valence-electron chi connectivity index (χ2n) is 8.03. The Labute approximate surface area is 170 Å². The van der Waals surface area contributed by atoms with Crippen LogP contribution < -0.4 is 9.47 Å². The fraction of sp³-hybridized carbons (Fsp3) is 0.304.